The van der Waals surface area contributed by atoms with E-state index in [2.05, 4.69) is 33.4 Å². The van der Waals surface area contributed by atoms with E-state index in [0.717, 1.165) is 22.9 Å². The average molecular weight is 357 g/mol. The van der Waals surface area contributed by atoms with Crippen molar-refractivity contribution in [1.29, 1.82) is 0 Å². The minimum Gasteiger partial charge on any atom is -0.316 e. The first-order valence-electron chi connectivity index (χ1n) is 6.44. The number of halogens is 3. The van der Waals surface area contributed by atoms with Crippen LogP contribution in [0.15, 0.2) is 46.9 Å². The highest BCUT2D eigenvalue weighted by Crippen LogP contribution is 2.18. The molecule has 0 amide bonds. The summed E-state index contributed by atoms with van der Waals surface area (Å²) in [7, 11) is 1.93. The van der Waals surface area contributed by atoms with Crippen molar-refractivity contribution < 1.29 is 4.39 Å². The van der Waals surface area contributed by atoms with Gasteiger partial charge >= 0.3 is 0 Å². The van der Waals surface area contributed by atoms with Crippen molar-refractivity contribution in [3.8, 4) is 0 Å². The first kappa shape index (κ1) is 15.5. The molecular weight excluding hydrogens is 341 g/mol. The number of nitrogens with one attached hydrogen (secondary N) is 1. The quantitative estimate of drug-likeness (QED) is 0.824. The molecule has 0 aliphatic heterocycles. The Hall–Kier alpha value is -0.900. The molecule has 0 saturated heterocycles. The highest BCUT2D eigenvalue weighted by molar-refractivity contribution is 9.10. The Balaban J connectivity index is 2.07. The molecule has 0 aromatic heterocycles. The molecule has 2 aromatic rings. The number of hydrogen-bond donors (Lipinski definition) is 1. The summed E-state index contributed by atoms with van der Waals surface area (Å²) in [6.07, 6.45) is 1.65. The minimum absolute atomic E-state index is 0.168. The molecule has 2 rings (SSSR count). The summed E-state index contributed by atoms with van der Waals surface area (Å²) in [4.78, 5) is 0. The van der Waals surface area contributed by atoms with Crippen molar-refractivity contribution in [2.75, 3.05) is 7.05 Å². The zero-order valence-electron chi connectivity index (χ0n) is 11.2. The highest BCUT2D eigenvalue weighted by Gasteiger charge is 2.10. The van der Waals surface area contributed by atoms with Gasteiger partial charge in [-0.1, -0.05) is 45.7 Å². The van der Waals surface area contributed by atoms with E-state index < -0.39 is 0 Å². The molecule has 1 nitrogen and oxygen atoms in total. The van der Waals surface area contributed by atoms with Gasteiger partial charge in [-0.2, -0.15) is 0 Å². The summed E-state index contributed by atoms with van der Waals surface area (Å²) < 4.78 is 14.5. The van der Waals surface area contributed by atoms with Gasteiger partial charge in [0.2, 0.25) is 0 Å². The lowest BCUT2D eigenvalue weighted by Crippen LogP contribution is -2.29. The van der Waals surface area contributed by atoms with Crippen molar-refractivity contribution in [1.82, 2.24) is 5.32 Å². The first-order valence-corrected chi connectivity index (χ1v) is 7.61. The normalized spacial score (nSPS) is 12.4. The van der Waals surface area contributed by atoms with Crippen LogP contribution >= 0.6 is 27.5 Å². The van der Waals surface area contributed by atoms with Crippen LogP contribution < -0.4 is 5.32 Å². The van der Waals surface area contributed by atoms with Crippen LogP contribution in [0.25, 0.3) is 0 Å². The third-order valence-electron chi connectivity index (χ3n) is 3.25. The topological polar surface area (TPSA) is 12.0 Å². The number of benzene rings is 2. The largest absolute Gasteiger partial charge is 0.316 e. The number of hydrogen-bond acceptors (Lipinski definition) is 1. The molecule has 1 unspecified atom stereocenters. The van der Waals surface area contributed by atoms with Gasteiger partial charge in [0, 0.05) is 10.5 Å². The summed E-state index contributed by atoms with van der Waals surface area (Å²) in [6, 6.07) is 13.5. The Morgan fingerprint density at radius 3 is 2.45 bits per heavy atom. The van der Waals surface area contributed by atoms with E-state index in [9.17, 15) is 4.39 Å². The van der Waals surface area contributed by atoms with Gasteiger partial charge in [0.15, 0.2) is 0 Å². The van der Waals surface area contributed by atoms with Gasteiger partial charge in [-0.15, -0.1) is 0 Å². The molecule has 0 fully saturated rings. The van der Waals surface area contributed by atoms with Crippen LogP contribution in [0.3, 0.4) is 0 Å². The molecule has 2 aromatic carbocycles. The van der Waals surface area contributed by atoms with Crippen molar-refractivity contribution in [2.24, 2.45) is 0 Å². The fourth-order valence-corrected chi connectivity index (χ4v) is 2.74. The zero-order chi connectivity index (χ0) is 14.5. The van der Waals surface area contributed by atoms with E-state index in [1.54, 1.807) is 6.07 Å². The summed E-state index contributed by atoms with van der Waals surface area (Å²) in [5.41, 5.74) is 2.19. The summed E-state index contributed by atoms with van der Waals surface area (Å²) in [5, 5.41) is 3.45. The predicted octanol–water partition coefficient (Wildman–Crippen LogP) is 4.61. The fraction of sp³-hybridized carbons (Fsp3) is 0.250. The third-order valence-corrected chi connectivity index (χ3v) is 4.05. The molecular formula is C16H16BrClFN. The Morgan fingerprint density at radius 2 is 1.85 bits per heavy atom. The van der Waals surface area contributed by atoms with Crippen LogP contribution in [0.1, 0.15) is 11.1 Å². The van der Waals surface area contributed by atoms with E-state index in [0.29, 0.717) is 0 Å². The molecule has 106 valence electrons. The standard InChI is InChI=1S/C16H16BrClFN/c1-20-14(8-11-3-2-4-13(17)7-11)9-12-5-6-15(18)16(19)10-12/h2-7,10,14,20H,8-9H2,1H3. The van der Waals surface area contributed by atoms with Gasteiger partial charge in [-0.25, -0.2) is 4.39 Å². The lowest BCUT2D eigenvalue weighted by molar-refractivity contribution is 0.553. The minimum atomic E-state index is -0.360. The summed E-state index contributed by atoms with van der Waals surface area (Å²) >= 11 is 9.18. The van der Waals surface area contributed by atoms with E-state index in [-0.39, 0.29) is 16.9 Å². The van der Waals surface area contributed by atoms with Crippen LogP contribution in [0.4, 0.5) is 4.39 Å². The van der Waals surface area contributed by atoms with Gasteiger partial charge in [-0.3, -0.25) is 0 Å². The molecule has 0 radical (unpaired) electrons. The van der Waals surface area contributed by atoms with Gasteiger partial charge in [0.05, 0.1) is 5.02 Å². The number of rotatable bonds is 5. The Morgan fingerprint density at radius 1 is 1.15 bits per heavy atom. The molecule has 0 spiro atoms. The van der Waals surface area contributed by atoms with Crippen LogP contribution in [0, 0.1) is 5.82 Å². The Bertz CT molecular complexity index is 588. The third kappa shape index (κ3) is 4.30. The molecule has 0 saturated carbocycles. The maximum atomic E-state index is 13.5. The fourth-order valence-electron chi connectivity index (χ4n) is 2.18. The van der Waals surface area contributed by atoms with E-state index in [1.807, 2.05) is 25.2 Å². The number of likely N-dealkylation sites (N-methyl/N-ethyl adjacent to an activating group) is 1. The molecule has 20 heavy (non-hydrogen) atoms. The van der Waals surface area contributed by atoms with Gasteiger partial charge in [-0.05, 0) is 55.3 Å². The van der Waals surface area contributed by atoms with Crippen LogP contribution in [-0.2, 0) is 12.8 Å². The van der Waals surface area contributed by atoms with E-state index in [4.69, 9.17) is 11.6 Å². The second-order valence-electron chi connectivity index (χ2n) is 4.77. The molecule has 0 aliphatic carbocycles. The molecule has 0 aliphatic rings. The van der Waals surface area contributed by atoms with Crippen molar-refractivity contribution in [2.45, 2.75) is 18.9 Å². The van der Waals surface area contributed by atoms with Crippen LogP contribution in [0.2, 0.25) is 5.02 Å². The molecule has 0 bridgehead atoms. The predicted molar refractivity (Wildman–Crippen MR) is 85.8 cm³/mol. The molecule has 0 heterocycles. The maximum absolute atomic E-state index is 13.5. The highest BCUT2D eigenvalue weighted by atomic mass is 79.9. The van der Waals surface area contributed by atoms with Gasteiger partial charge in [0.1, 0.15) is 5.82 Å². The smallest absolute Gasteiger partial charge is 0.142 e. The Kier molecular flexibility index (Phi) is 5.58. The van der Waals surface area contributed by atoms with Crippen LogP contribution in [-0.4, -0.2) is 13.1 Å². The van der Waals surface area contributed by atoms with Crippen molar-refractivity contribution in [3.63, 3.8) is 0 Å². The lowest BCUT2D eigenvalue weighted by Gasteiger charge is -2.17. The van der Waals surface area contributed by atoms with E-state index in [1.165, 1.54) is 11.6 Å². The second-order valence-corrected chi connectivity index (χ2v) is 6.10. The van der Waals surface area contributed by atoms with Crippen LogP contribution in [0.5, 0.6) is 0 Å². The summed E-state index contributed by atoms with van der Waals surface area (Å²) in [5.74, 6) is -0.360. The Labute approximate surface area is 132 Å². The second kappa shape index (κ2) is 7.21. The van der Waals surface area contributed by atoms with Gasteiger partial charge < -0.3 is 5.32 Å². The summed E-state index contributed by atoms with van der Waals surface area (Å²) in [6.45, 7) is 0. The average Bonchev–Trinajstić information content (AvgIpc) is 2.42. The van der Waals surface area contributed by atoms with Crippen molar-refractivity contribution >= 4 is 27.5 Å². The molecule has 1 N–H and O–H groups in total. The SMILES string of the molecule is CNC(Cc1cccc(Br)c1)Cc1ccc(Cl)c(F)c1. The van der Waals surface area contributed by atoms with Gasteiger partial charge in [0.25, 0.3) is 0 Å². The van der Waals surface area contributed by atoms with E-state index >= 15 is 0 Å². The first-order chi connectivity index (χ1) is 9.58. The monoisotopic (exact) mass is 355 g/mol. The molecule has 1 atom stereocenters. The maximum Gasteiger partial charge on any atom is 0.142 e. The molecule has 4 heteroatoms. The zero-order valence-corrected chi connectivity index (χ0v) is 13.5. The lowest BCUT2D eigenvalue weighted by atomic mass is 9.99. The van der Waals surface area contributed by atoms with Crippen molar-refractivity contribution in [3.05, 3.63) is 68.9 Å².